The minimum atomic E-state index is -3.82. The molecule has 0 atom stereocenters. The van der Waals surface area contributed by atoms with E-state index in [0.717, 1.165) is 25.7 Å². The van der Waals surface area contributed by atoms with Gasteiger partial charge in [-0.25, -0.2) is 8.42 Å². The van der Waals surface area contributed by atoms with Crippen LogP contribution in [0.2, 0.25) is 5.02 Å². The van der Waals surface area contributed by atoms with Crippen LogP contribution in [0, 0.1) is 0 Å². The van der Waals surface area contributed by atoms with Gasteiger partial charge in [-0.1, -0.05) is 24.4 Å². The van der Waals surface area contributed by atoms with Crippen LogP contribution in [0.3, 0.4) is 0 Å². The molecule has 1 fully saturated rings. The van der Waals surface area contributed by atoms with Crippen LogP contribution < -0.4 is 5.32 Å². The summed E-state index contributed by atoms with van der Waals surface area (Å²) in [6.45, 7) is 0.911. The van der Waals surface area contributed by atoms with Crippen molar-refractivity contribution in [3.05, 3.63) is 41.0 Å². The van der Waals surface area contributed by atoms with Crippen LogP contribution in [0.15, 0.2) is 35.5 Å². The molecule has 2 heterocycles. The molecule has 0 saturated carbocycles. The summed E-state index contributed by atoms with van der Waals surface area (Å²) in [5, 5.41) is 7.11. The Hall–Kier alpha value is -1.90. The van der Waals surface area contributed by atoms with E-state index in [2.05, 4.69) is 10.4 Å². The summed E-state index contributed by atoms with van der Waals surface area (Å²) < 4.78 is 28.8. The van der Waals surface area contributed by atoms with Crippen LogP contribution in [0.5, 0.6) is 0 Å². The lowest BCUT2D eigenvalue weighted by molar-refractivity contribution is 0.102. The normalized spacial score (nSPS) is 16.2. The summed E-state index contributed by atoms with van der Waals surface area (Å²) >= 11 is 5.84. The van der Waals surface area contributed by atoms with Gasteiger partial charge in [0.1, 0.15) is 0 Å². The Balaban J connectivity index is 1.89. The van der Waals surface area contributed by atoms with Gasteiger partial charge in [-0.2, -0.15) is 9.40 Å². The number of halogens is 1. The Kier molecular flexibility index (Phi) is 5.64. The van der Waals surface area contributed by atoms with Gasteiger partial charge in [0.05, 0.1) is 5.56 Å². The predicted octanol–water partition coefficient (Wildman–Crippen LogP) is 2.89. The number of carbonyl (C=O) groups is 1. The van der Waals surface area contributed by atoms with E-state index in [1.54, 1.807) is 31.3 Å². The molecular formula is C17H21ClN4O3S. The number of carbonyl (C=O) groups excluding carboxylic acids is 1. The van der Waals surface area contributed by atoms with Gasteiger partial charge in [0, 0.05) is 37.0 Å². The maximum absolute atomic E-state index is 13.0. The number of rotatable bonds is 4. The molecule has 7 nitrogen and oxygen atoms in total. The average molecular weight is 397 g/mol. The van der Waals surface area contributed by atoms with E-state index in [-0.39, 0.29) is 10.6 Å². The van der Waals surface area contributed by atoms with Crippen molar-refractivity contribution in [3.8, 4) is 0 Å². The van der Waals surface area contributed by atoms with Gasteiger partial charge < -0.3 is 5.32 Å². The van der Waals surface area contributed by atoms with Gasteiger partial charge in [0.2, 0.25) is 5.03 Å². The molecule has 2 aromatic rings. The lowest BCUT2D eigenvalue weighted by Gasteiger charge is -2.19. The topological polar surface area (TPSA) is 84.3 Å². The van der Waals surface area contributed by atoms with Gasteiger partial charge >= 0.3 is 0 Å². The van der Waals surface area contributed by atoms with Crippen LogP contribution in [0.4, 0.5) is 5.69 Å². The molecule has 0 spiro atoms. The van der Waals surface area contributed by atoms with E-state index in [0.29, 0.717) is 23.8 Å². The fourth-order valence-electron chi connectivity index (χ4n) is 2.95. The lowest BCUT2D eigenvalue weighted by Crippen LogP contribution is -2.33. The fraction of sp³-hybridized carbons (Fsp3) is 0.412. The molecule has 1 aromatic heterocycles. The maximum atomic E-state index is 13.0. The molecule has 1 aromatic carbocycles. The molecule has 0 bridgehead atoms. The van der Waals surface area contributed by atoms with E-state index in [1.807, 2.05) is 0 Å². The van der Waals surface area contributed by atoms with Crippen molar-refractivity contribution < 1.29 is 13.2 Å². The van der Waals surface area contributed by atoms with Gasteiger partial charge in [0.15, 0.2) is 0 Å². The van der Waals surface area contributed by atoms with E-state index < -0.39 is 15.9 Å². The zero-order chi connectivity index (χ0) is 18.7. The van der Waals surface area contributed by atoms with E-state index in [1.165, 1.54) is 15.2 Å². The molecule has 1 saturated heterocycles. The quantitative estimate of drug-likeness (QED) is 0.861. The summed E-state index contributed by atoms with van der Waals surface area (Å²) in [7, 11) is -2.22. The number of amides is 1. The number of nitrogens with zero attached hydrogens (tertiary/aromatic N) is 3. The largest absolute Gasteiger partial charge is 0.322 e. The zero-order valence-electron chi connectivity index (χ0n) is 14.5. The molecular weight excluding hydrogens is 376 g/mol. The second kappa shape index (κ2) is 7.77. The highest BCUT2D eigenvalue weighted by Crippen LogP contribution is 2.23. The van der Waals surface area contributed by atoms with Crippen molar-refractivity contribution in [2.24, 2.45) is 7.05 Å². The van der Waals surface area contributed by atoms with Gasteiger partial charge in [0.25, 0.3) is 15.9 Å². The Morgan fingerprint density at radius 2 is 1.73 bits per heavy atom. The highest BCUT2D eigenvalue weighted by atomic mass is 35.5. The number of benzene rings is 1. The molecule has 26 heavy (non-hydrogen) atoms. The van der Waals surface area contributed by atoms with Gasteiger partial charge in [-0.05, 0) is 37.1 Å². The smallest absolute Gasteiger partial charge is 0.263 e. The SMILES string of the molecule is Cn1cc(C(=O)Nc2ccc(Cl)cc2)c(S(=O)(=O)N2CCCCCC2)n1. The van der Waals surface area contributed by atoms with Crippen LogP contribution in [0.25, 0.3) is 0 Å². The van der Waals surface area contributed by atoms with Gasteiger partial charge in [-0.15, -0.1) is 0 Å². The van der Waals surface area contributed by atoms with Crippen LogP contribution in [-0.4, -0.2) is 41.5 Å². The van der Waals surface area contributed by atoms with Crippen LogP contribution in [0.1, 0.15) is 36.0 Å². The Bertz CT molecular complexity index is 885. The Labute approximate surface area is 158 Å². The monoisotopic (exact) mass is 396 g/mol. The second-order valence-electron chi connectivity index (χ2n) is 6.30. The third-order valence-electron chi connectivity index (χ3n) is 4.29. The first-order valence-corrected chi connectivity index (χ1v) is 10.3. The summed E-state index contributed by atoms with van der Waals surface area (Å²) in [5.41, 5.74) is 0.563. The zero-order valence-corrected chi connectivity index (χ0v) is 16.1. The minimum Gasteiger partial charge on any atom is -0.322 e. The second-order valence-corrected chi connectivity index (χ2v) is 8.59. The number of nitrogens with one attached hydrogen (secondary N) is 1. The van der Waals surface area contributed by atoms with Crippen LogP contribution in [-0.2, 0) is 17.1 Å². The van der Waals surface area contributed by atoms with Crippen molar-refractivity contribution in [1.29, 1.82) is 0 Å². The minimum absolute atomic E-state index is 0.0340. The molecule has 3 rings (SSSR count). The number of aromatic nitrogens is 2. The Morgan fingerprint density at radius 1 is 1.12 bits per heavy atom. The Morgan fingerprint density at radius 3 is 2.35 bits per heavy atom. The average Bonchev–Trinajstić information content (AvgIpc) is 2.82. The number of hydrogen-bond acceptors (Lipinski definition) is 4. The van der Waals surface area contributed by atoms with Crippen molar-refractivity contribution in [3.63, 3.8) is 0 Å². The number of aryl methyl sites for hydroxylation is 1. The van der Waals surface area contributed by atoms with E-state index >= 15 is 0 Å². The molecule has 140 valence electrons. The highest BCUT2D eigenvalue weighted by Gasteiger charge is 2.32. The maximum Gasteiger partial charge on any atom is 0.263 e. The summed E-state index contributed by atoms with van der Waals surface area (Å²) in [6, 6.07) is 6.60. The molecule has 1 aliphatic rings. The molecule has 0 unspecified atom stereocenters. The number of hydrogen-bond donors (Lipinski definition) is 1. The summed E-state index contributed by atoms with van der Waals surface area (Å²) in [4.78, 5) is 12.7. The first kappa shape index (κ1) is 18.9. The summed E-state index contributed by atoms with van der Waals surface area (Å²) in [5.74, 6) is -0.520. The number of anilines is 1. The molecule has 9 heteroatoms. The van der Waals surface area contributed by atoms with Crippen molar-refractivity contribution in [2.75, 3.05) is 18.4 Å². The molecule has 0 aliphatic carbocycles. The molecule has 0 radical (unpaired) electrons. The van der Waals surface area contributed by atoms with Crippen molar-refractivity contribution in [2.45, 2.75) is 30.7 Å². The molecule has 1 aliphatic heterocycles. The third-order valence-corrected chi connectivity index (χ3v) is 6.38. The first-order chi connectivity index (χ1) is 12.4. The third kappa shape index (κ3) is 4.08. The lowest BCUT2D eigenvalue weighted by atomic mass is 10.2. The standard InChI is InChI=1S/C17H21ClN4O3S/c1-21-12-15(16(23)19-14-8-6-13(18)7-9-14)17(20-21)26(24,25)22-10-4-2-3-5-11-22/h6-9,12H,2-5,10-11H2,1H3,(H,19,23). The number of sulfonamides is 1. The molecule has 1 amide bonds. The summed E-state index contributed by atoms with van der Waals surface area (Å²) in [6.07, 6.45) is 5.09. The predicted molar refractivity (Wildman–Crippen MR) is 99.8 cm³/mol. The van der Waals surface area contributed by atoms with E-state index in [9.17, 15) is 13.2 Å². The first-order valence-electron chi connectivity index (χ1n) is 8.48. The van der Waals surface area contributed by atoms with Crippen molar-refractivity contribution >= 4 is 33.2 Å². The van der Waals surface area contributed by atoms with E-state index in [4.69, 9.17) is 11.6 Å². The van der Waals surface area contributed by atoms with Gasteiger partial charge in [-0.3, -0.25) is 9.48 Å². The highest BCUT2D eigenvalue weighted by molar-refractivity contribution is 7.89. The molecule has 1 N–H and O–H groups in total. The van der Waals surface area contributed by atoms with Crippen LogP contribution >= 0.6 is 11.6 Å². The van der Waals surface area contributed by atoms with Crippen molar-refractivity contribution in [1.82, 2.24) is 14.1 Å². The fourth-order valence-corrected chi connectivity index (χ4v) is 4.72.